The lowest BCUT2D eigenvalue weighted by atomic mass is 9.36. The molecule has 2 aromatic rings. The normalized spacial score (nSPS) is 26.2. The van der Waals surface area contributed by atoms with Gasteiger partial charge in [0.1, 0.15) is 11.5 Å². The maximum absolute atomic E-state index is 13.0. The van der Waals surface area contributed by atoms with Crippen LogP contribution >= 0.6 is 0 Å². The van der Waals surface area contributed by atoms with E-state index in [4.69, 9.17) is 0 Å². The summed E-state index contributed by atoms with van der Waals surface area (Å²) in [4.78, 5) is 24.7. The van der Waals surface area contributed by atoms with E-state index in [9.17, 15) is 22.8 Å². The van der Waals surface area contributed by atoms with Crippen molar-refractivity contribution in [1.82, 2.24) is 15.1 Å². The molecule has 5 rings (SSSR count). The summed E-state index contributed by atoms with van der Waals surface area (Å²) in [6.45, 7) is -0.950. The third-order valence-corrected chi connectivity index (χ3v) is 5.91. The van der Waals surface area contributed by atoms with Crippen LogP contribution in [-0.4, -0.2) is 27.1 Å². The third-order valence-electron chi connectivity index (χ3n) is 5.91. The van der Waals surface area contributed by atoms with Gasteiger partial charge in [0, 0.05) is 23.3 Å². The lowest BCUT2D eigenvalue weighted by Crippen LogP contribution is -2.77. The number of nitrogens with one attached hydrogen (secondary N) is 2. The topological polar surface area (TPSA) is 76.0 Å². The number of alkyl halides is 2. The molecular weight excluding hydrogens is 373 g/mol. The maximum Gasteiger partial charge on any atom is 0.333 e. The zero-order valence-electron chi connectivity index (χ0n) is 15.1. The molecule has 3 aliphatic rings. The molecule has 2 N–H and O–H groups in total. The molecule has 28 heavy (non-hydrogen) atoms. The summed E-state index contributed by atoms with van der Waals surface area (Å²) >= 11 is 0. The molecule has 1 heterocycles. The number of rotatable bonds is 6. The van der Waals surface area contributed by atoms with Gasteiger partial charge in [-0.1, -0.05) is 6.92 Å². The van der Waals surface area contributed by atoms with Gasteiger partial charge in [0.15, 0.2) is 0 Å². The highest BCUT2D eigenvalue weighted by molar-refractivity contribution is 5.94. The molecule has 0 spiro atoms. The number of hydrogen-bond donors (Lipinski definition) is 2. The molecule has 1 atom stereocenters. The van der Waals surface area contributed by atoms with Gasteiger partial charge in [0.25, 0.3) is 5.91 Å². The van der Waals surface area contributed by atoms with Gasteiger partial charge in [-0.15, -0.1) is 0 Å². The minimum Gasteiger partial charge on any atom is -0.345 e. The van der Waals surface area contributed by atoms with Gasteiger partial charge in [0.05, 0.1) is 0 Å². The number of nitrogens with zero attached hydrogens (tertiary/aromatic N) is 2. The van der Waals surface area contributed by atoms with E-state index in [1.54, 1.807) is 0 Å². The smallest absolute Gasteiger partial charge is 0.333 e. The first kappa shape index (κ1) is 18.5. The zero-order valence-corrected chi connectivity index (χ0v) is 15.1. The molecule has 0 aliphatic heterocycles. The Morgan fingerprint density at radius 1 is 1.14 bits per heavy atom. The molecule has 1 aromatic heterocycles. The number of amides is 2. The van der Waals surface area contributed by atoms with Crippen molar-refractivity contribution in [3.63, 3.8) is 0 Å². The highest BCUT2D eigenvalue weighted by atomic mass is 19.3. The number of aromatic nitrogens is 2. The Balaban J connectivity index is 1.32. The van der Waals surface area contributed by atoms with E-state index in [0.29, 0.717) is 29.6 Å². The maximum atomic E-state index is 13.0. The molecule has 0 saturated heterocycles. The van der Waals surface area contributed by atoms with Gasteiger partial charge < -0.3 is 10.6 Å². The van der Waals surface area contributed by atoms with Crippen LogP contribution in [0.2, 0.25) is 0 Å². The van der Waals surface area contributed by atoms with Crippen LogP contribution in [0.4, 0.5) is 18.9 Å². The van der Waals surface area contributed by atoms with Crippen LogP contribution in [0.3, 0.4) is 0 Å². The number of anilines is 1. The van der Waals surface area contributed by atoms with Gasteiger partial charge >= 0.3 is 6.55 Å². The average molecular weight is 392 g/mol. The Bertz CT molecular complexity index is 906. The summed E-state index contributed by atoms with van der Waals surface area (Å²) in [6.07, 6.45) is 3.02. The molecule has 1 unspecified atom stereocenters. The molecule has 0 radical (unpaired) electrons. The molecule has 3 fully saturated rings. The van der Waals surface area contributed by atoms with Crippen molar-refractivity contribution in [1.29, 1.82) is 0 Å². The van der Waals surface area contributed by atoms with Crippen molar-refractivity contribution in [2.45, 2.75) is 38.3 Å². The number of carbonyl (C=O) groups excluding carboxylic acids is 2. The Hall–Kier alpha value is -2.84. The van der Waals surface area contributed by atoms with Crippen LogP contribution in [0.15, 0.2) is 36.5 Å². The van der Waals surface area contributed by atoms with Gasteiger partial charge in [-0.3, -0.25) is 9.59 Å². The summed E-state index contributed by atoms with van der Waals surface area (Å²) in [5.74, 6) is -1.28. The molecule has 148 valence electrons. The van der Waals surface area contributed by atoms with E-state index >= 15 is 0 Å². The first-order chi connectivity index (χ1) is 13.2. The summed E-state index contributed by atoms with van der Waals surface area (Å²) in [7, 11) is 0. The largest absolute Gasteiger partial charge is 0.345 e. The van der Waals surface area contributed by atoms with Crippen LogP contribution in [0, 0.1) is 17.2 Å². The van der Waals surface area contributed by atoms with Crippen molar-refractivity contribution in [2.75, 3.05) is 5.32 Å². The van der Waals surface area contributed by atoms with Crippen LogP contribution in [0.25, 0.3) is 0 Å². The Morgan fingerprint density at radius 3 is 2.36 bits per heavy atom. The van der Waals surface area contributed by atoms with E-state index in [0.717, 1.165) is 6.20 Å². The Labute approximate surface area is 159 Å². The monoisotopic (exact) mass is 392 g/mol. The summed E-state index contributed by atoms with van der Waals surface area (Å²) in [6, 6.07) is 6.81. The third kappa shape index (κ3) is 3.04. The fraction of sp³-hybridized carbons (Fsp3) is 0.421. The molecule has 2 bridgehead atoms. The second-order valence-corrected chi connectivity index (χ2v) is 7.80. The lowest BCUT2D eigenvalue weighted by molar-refractivity contribution is -0.184. The second-order valence-electron chi connectivity index (χ2n) is 7.80. The zero-order chi connectivity index (χ0) is 20.1. The lowest BCUT2D eigenvalue weighted by Gasteiger charge is -2.72. The number of benzene rings is 1. The first-order valence-electron chi connectivity index (χ1n) is 8.94. The van der Waals surface area contributed by atoms with E-state index in [1.165, 1.54) is 30.3 Å². The average Bonchev–Trinajstić information content (AvgIpc) is 3.08. The van der Waals surface area contributed by atoms with Crippen molar-refractivity contribution >= 4 is 17.5 Å². The minimum absolute atomic E-state index is 0.0545. The number of hydrogen-bond acceptors (Lipinski definition) is 3. The predicted octanol–water partition coefficient (Wildman–Crippen LogP) is 3.34. The highest BCUT2D eigenvalue weighted by Gasteiger charge is 2.71. The van der Waals surface area contributed by atoms with E-state index < -0.39 is 18.0 Å². The van der Waals surface area contributed by atoms with Crippen molar-refractivity contribution < 1.29 is 22.8 Å². The van der Waals surface area contributed by atoms with Crippen molar-refractivity contribution in [3.05, 3.63) is 48.0 Å². The summed E-state index contributed by atoms with van der Waals surface area (Å²) in [5, 5.41) is 9.22. The molecule has 3 saturated carbocycles. The van der Waals surface area contributed by atoms with Crippen LogP contribution in [0.1, 0.15) is 43.2 Å². The predicted molar refractivity (Wildman–Crippen MR) is 94.2 cm³/mol. The summed E-state index contributed by atoms with van der Waals surface area (Å²) < 4.78 is 38.5. The fourth-order valence-electron chi connectivity index (χ4n) is 4.39. The highest BCUT2D eigenvalue weighted by Crippen LogP contribution is 2.70. The number of halogens is 3. The summed E-state index contributed by atoms with van der Waals surface area (Å²) in [5.41, 5.74) is -0.0980. The van der Waals surface area contributed by atoms with Crippen molar-refractivity contribution in [2.24, 2.45) is 11.3 Å². The standard InChI is InChI=1S/C19H19F3N4O2/c1-11(15(27)23-13-4-2-12(20)3-5-13)18-8-19(9-18,10-18)24-16(28)14-6-7-26(25-14)17(21)22/h2-7,11,17H,8-10H2,1H3,(H,23,27)(H,24,28). The number of carbonyl (C=O) groups is 2. The van der Waals surface area contributed by atoms with E-state index in [1.807, 2.05) is 6.92 Å². The van der Waals surface area contributed by atoms with Gasteiger partial charge in [0.2, 0.25) is 5.91 Å². The SMILES string of the molecule is CC(C(=O)Nc1ccc(F)cc1)C12CC(NC(=O)c3ccn(C(F)F)n3)(C1)C2. The Kier molecular flexibility index (Phi) is 4.20. The quantitative estimate of drug-likeness (QED) is 0.792. The van der Waals surface area contributed by atoms with Crippen molar-refractivity contribution in [3.8, 4) is 0 Å². The molecule has 1 aromatic carbocycles. The van der Waals surface area contributed by atoms with Crippen LogP contribution in [-0.2, 0) is 4.79 Å². The first-order valence-corrected chi connectivity index (χ1v) is 8.94. The molecule has 2 amide bonds. The van der Waals surface area contributed by atoms with Gasteiger partial charge in [-0.25, -0.2) is 9.07 Å². The van der Waals surface area contributed by atoms with Gasteiger partial charge in [-0.05, 0) is 55.0 Å². The van der Waals surface area contributed by atoms with E-state index in [2.05, 4.69) is 15.7 Å². The van der Waals surface area contributed by atoms with Crippen LogP contribution < -0.4 is 10.6 Å². The van der Waals surface area contributed by atoms with Gasteiger partial charge in [-0.2, -0.15) is 13.9 Å². The second kappa shape index (κ2) is 6.35. The van der Waals surface area contributed by atoms with Crippen LogP contribution in [0.5, 0.6) is 0 Å². The minimum atomic E-state index is -2.79. The molecule has 6 nitrogen and oxygen atoms in total. The molecule has 9 heteroatoms. The Morgan fingerprint density at radius 2 is 1.79 bits per heavy atom. The molecule has 3 aliphatic carbocycles. The molecular formula is C19H19F3N4O2. The fourth-order valence-corrected chi connectivity index (χ4v) is 4.39. The van der Waals surface area contributed by atoms with E-state index in [-0.39, 0.29) is 28.8 Å².